The summed E-state index contributed by atoms with van der Waals surface area (Å²) in [5.74, 6) is 0.139. The first-order chi connectivity index (χ1) is 14.1. The van der Waals surface area contributed by atoms with Crippen molar-refractivity contribution in [2.75, 3.05) is 32.8 Å². The molecule has 0 radical (unpaired) electrons. The fourth-order valence-corrected chi connectivity index (χ4v) is 4.49. The number of carbonyl (C=O) groups is 1. The first-order valence-corrected chi connectivity index (χ1v) is 10.4. The molecule has 156 valence electrons. The lowest BCUT2D eigenvalue weighted by Crippen LogP contribution is -2.59. The van der Waals surface area contributed by atoms with E-state index < -0.39 is 0 Å². The maximum Gasteiger partial charge on any atom is 0.291 e. The van der Waals surface area contributed by atoms with E-state index in [-0.39, 0.29) is 23.1 Å². The molecule has 8 heteroatoms. The Labute approximate surface area is 170 Å². The van der Waals surface area contributed by atoms with Crippen LogP contribution >= 0.6 is 0 Å². The molecule has 29 heavy (non-hydrogen) atoms. The van der Waals surface area contributed by atoms with Crippen molar-refractivity contribution in [2.45, 2.75) is 44.6 Å². The zero-order valence-corrected chi connectivity index (χ0v) is 16.9. The van der Waals surface area contributed by atoms with Gasteiger partial charge in [-0.25, -0.2) is 14.1 Å². The van der Waals surface area contributed by atoms with Crippen LogP contribution in [0.15, 0.2) is 24.3 Å². The second-order valence-electron chi connectivity index (χ2n) is 7.94. The van der Waals surface area contributed by atoms with E-state index >= 15 is 0 Å². The number of halogens is 1. The van der Waals surface area contributed by atoms with Gasteiger partial charge >= 0.3 is 0 Å². The molecular formula is C21H28FN5O2. The first kappa shape index (κ1) is 20.0. The highest BCUT2D eigenvalue weighted by atomic mass is 19.1. The fourth-order valence-electron chi connectivity index (χ4n) is 4.49. The maximum atomic E-state index is 13.2. The number of hydrogen-bond acceptors (Lipinski definition) is 5. The third kappa shape index (κ3) is 4.33. The summed E-state index contributed by atoms with van der Waals surface area (Å²) in [7, 11) is 0. The molecule has 0 bridgehead atoms. The van der Waals surface area contributed by atoms with Crippen molar-refractivity contribution in [3.8, 4) is 5.69 Å². The zero-order valence-electron chi connectivity index (χ0n) is 16.9. The van der Waals surface area contributed by atoms with Crippen molar-refractivity contribution in [2.24, 2.45) is 0 Å². The highest BCUT2D eigenvalue weighted by Gasteiger charge is 2.39. The summed E-state index contributed by atoms with van der Waals surface area (Å²) in [6.07, 6.45) is 5.80. The average molecular weight is 401 g/mol. The molecule has 4 rings (SSSR count). The Morgan fingerprint density at radius 1 is 1.17 bits per heavy atom. The second kappa shape index (κ2) is 8.59. The second-order valence-corrected chi connectivity index (χ2v) is 7.94. The zero-order chi connectivity index (χ0) is 20.3. The van der Waals surface area contributed by atoms with Gasteiger partial charge in [0.2, 0.25) is 5.82 Å². The monoisotopic (exact) mass is 401 g/mol. The summed E-state index contributed by atoms with van der Waals surface area (Å²) in [6, 6.07) is 5.97. The van der Waals surface area contributed by atoms with Crippen LogP contribution in [0.1, 0.15) is 48.5 Å². The molecule has 0 atom stereocenters. The number of aromatic nitrogens is 3. The summed E-state index contributed by atoms with van der Waals surface area (Å²) in [4.78, 5) is 19.6. The molecule has 1 saturated heterocycles. The Morgan fingerprint density at radius 2 is 1.86 bits per heavy atom. The number of aryl methyl sites for hydroxylation is 1. The van der Waals surface area contributed by atoms with E-state index in [0.29, 0.717) is 18.1 Å². The Kier molecular flexibility index (Phi) is 5.91. The van der Waals surface area contributed by atoms with Crippen molar-refractivity contribution in [1.82, 2.24) is 25.0 Å². The molecule has 2 aromatic rings. The van der Waals surface area contributed by atoms with Gasteiger partial charge in [-0.05, 0) is 44.0 Å². The lowest BCUT2D eigenvalue weighted by molar-refractivity contribution is -0.0361. The molecule has 0 unspecified atom stereocenters. The number of nitrogens with one attached hydrogen (secondary N) is 1. The van der Waals surface area contributed by atoms with Crippen LogP contribution in [0.3, 0.4) is 0 Å². The molecule has 1 saturated carbocycles. The van der Waals surface area contributed by atoms with Crippen LogP contribution in [0.25, 0.3) is 5.69 Å². The van der Waals surface area contributed by atoms with Crippen LogP contribution < -0.4 is 5.32 Å². The van der Waals surface area contributed by atoms with Crippen LogP contribution in [0.5, 0.6) is 0 Å². The fraction of sp³-hybridized carbons (Fsp3) is 0.571. The highest BCUT2D eigenvalue weighted by Crippen LogP contribution is 2.33. The molecule has 0 spiro atoms. The standard InChI is InChI=1S/C21H28FN5O2/c1-16-24-19(25-27(16)18-7-5-17(22)6-8-18)20(28)23-15-21(9-3-2-4-10-21)26-11-13-29-14-12-26/h5-8H,2-4,9-15H2,1H3,(H,23,28). The molecule has 2 aliphatic rings. The number of carbonyl (C=O) groups excluding carboxylic acids is 1. The van der Waals surface area contributed by atoms with E-state index in [1.54, 1.807) is 23.7 Å². The van der Waals surface area contributed by atoms with Gasteiger partial charge in [0.15, 0.2) is 0 Å². The van der Waals surface area contributed by atoms with Crippen molar-refractivity contribution in [3.63, 3.8) is 0 Å². The minimum Gasteiger partial charge on any atom is -0.379 e. The smallest absolute Gasteiger partial charge is 0.291 e. The Bertz CT molecular complexity index is 839. The number of morpholine rings is 1. The van der Waals surface area contributed by atoms with Gasteiger partial charge in [0.05, 0.1) is 18.9 Å². The molecule has 2 fully saturated rings. The van der Waals surface area contributed by atoms with E-state index in [1.165, 1.54) is 31.4 Å². The molecule has 2 heterocycles. The van der Waals surface area contributed by atoms with Gasteiger partial charge in [-0.2, -0.15) is 0 Å². The summed E-state index contributed by atoms with van der Waals surface area (Å²) in [5, 5.41) is 7.43. The molecule has 1 aromatic carbocycles. The van der Waals surface area contributed by atoms with Crippen LogP contribution in [0, 0.1) is 12.7 Å². The Morgan fingerprint density at radius 3 is 2.55 bits per heavy atom. The number of ether oxygens (including phenoxy) is 1. The predicted octanol–water partition coefficient (Wildman–Crippen LogP) is 2.48. The van der Waals surface area contributed by atoms with Crippen LogP contribution in [-0.2, 0) is 4.74 Å². The molecule has 1 aliphatic heterocycles. The quantitative estimate of drug-likeness (QED) is 0.833. The van der Waals surface area contributed by atoms with E-state index in [0.717, 1.165) is 39.1 Å². The molecule has 1 aromatic heterocycles. The first-order valence-electron chi connectivity index (χ1n) is 10.4. The average Bonchev–Trinajstić information content (AvgIpc) is 3.15. The molecule has 1 amide bonds. The summed E-state index contributed by atoms with van der Waals surface area (Å²) in [5.41, 5.74) is 0.666. The van der Waals surface area contributed by atoms with Gasteiger partial charge in [-0.1, -0.05) is 19.3 Å². The third-order valence-electron chi connectivity index (χ3n) is 6.09. The topological polar surface area (TPSA) is 72.3 Å². The van der Waals surface area contributed by atoms with Gasteiger partial charge < -0.3 is 10.1 Å². The minimum absolute atomic E-state index is 0.00768. The Hall–Kier alpha value is -2.32. The van der Waals surface area contributed by atoms with E-state index in [1.807, 2.05) is 0 Å². The van der Waals surface area contributed by atoms with Crippen LogP contribution in [0.2, 0.25) is 0 Å². The summed E-state index contributed by atoms with van der Waals surface area (Å²) >= 11 is 0. The van der Waals surface area contributed by atoms with Crippen molar-refractivity contribution in [1.29, 1.82) is 0 Å². The maximum absolute atomic E-state index is 13.2. The molecule has 7 nitrogen and oxygen atoms in total. The van der Waals surface area contributed by atoms with Gasteiger partial charge in [-0.15, -0.1) is 5.10 Å². The summed E-state index contributed by atoms with van der Waals surface area (Å²) < 4.78 is 20.3. The molecule has 1 aliphatic carbocycles. The van der Waals surface area contributed by atoms with Gasteiger partial charge in [0.1, 0.15) is 11.6 Å². The minimum atomic E-state index is -0.314. The Balaban J connectivity index is 1.47. The number of hydrogen-bond donors (Lipinski definition) is 1. The molecular weight excluding hydrogens is 373 g/mol. The lowest BCUT2D eigenvalue weighted by atomic mass is 9.79. The SMILES string of the molecule is Cc1nc(C(=O)NCC2(N3CCOCC3)CCCCC2)nn1-c1ccc(F)cc1. The van der Waals surface area contributed by atoms with Crippen molar-refractivity contribution in [3.05, 3.63) is 41.7 Å². The lowest BCUT2D eigenvalue weighted by Gasteiger charge is -2.48. The van der Waals surface area contributed by atoms with Crippen LogP contribution in [-0.4, -0.2) is 64.0 Å². The van der Waals surface area contributed by atoms with E-state index in [9.17, 15) is 9.18 Å². The third-order valence-corrected chi connectivity index (χ3v) is 6.09. The van der Waals surface area contributed by atoms with E-state index in [4.69, 9.17) is 4.74 Å². The largest absolute Gasteiger partial charge is 0.379 e. The van der Waals surface area contributed by atoms with Gasteiger partial charge in [0, 0.05) is 25.2 Å². The number of benzene rings is 1. The van der Waals surface area contributed by atoms with E-state index in [2.05, 4.69) is 20.3 Å². The molecule has 1 N–H and O–H groups in total. The van der Waals surface area contributed by atoms with Crippen LogP contribution in [0.4, 0.5) is 4.39 Å². The van der Waals surface area contributed by atoms with Crippen molar-refractivity contribution >= 4 is 5.91 Å². The normalized spacial score (nSPS) is 19.8. The summed E-state index contributed by atoms with van der Waals surface area (Å²) in [6.45, 7) is 5.69. The number of rotatable bonds is 5. The number of nitrogens with zero attached hydrogens (tertiary/aromatic N) is 4. The number of amides is 1. The highest BCUT2D eigenvalue weighted by molar-refractivity contribution is 5.90. The van der Waals surface area contributed by atoms with Gasteiger partial charge in [0.25, 0.3) is 5.91 Å². The van der Waals surface area contributed by atoms with Gasteiger partial charge in [-0.3, -0.25) is 9.69 Å². The predicted molar refractivity (Wildman–Crippen MR) is 107 cm³/mol. The van der Waals surface area contributed by atoms with Crippen molar-refractivity contribution < 1.29 is 13.9 Å².